The third-order valence-corrected chi connectivity index (χ3v) is 5.59. The van der Waals surface area contributed by atoms with Gasteiger partial charge in [-0.05, 0) is 30.7 Å². The Labute approximate surface area is 181 Å². The molecule has 7 nitrogen and oxygen atoms in total. The molecule has 1 aliphatic heterocycles. The Morgan fingerprint density at radius 1 is 1.19 bits per heavy atom. The summed E-state index contributed by atoms with van der Waals surface area (Å²) >= 11 is 0. The van der Waals surface area contributed by atoms with Crippen molar-refractivity contribution in [2.45, 2.75) is 18.8 Å². The van der Waals surface area contributed by atoms with Gasteiger partial charge in [-0.3, -0.25) is 19.6 Å². The second-order valence-corrected chi connectivity index (χ2v) is 7.68. The van der Waals surface area contributed by atoms with Crippen LogP contribution in [0.15, 0.2) is 54.7 Å². The minimum absolute atomic E-state index is 0.0690. The number of rotatable bonds is 7. The van der Waals surface area contributed by atoms with Crippen LogP contribution >= 0.6 is 0 Å². The van der Waals surface area contributed by atoms with E-state index in [1.165, 1.54) is 0 Å². The van der Waals surface area contributed by atoms with Crippen molar-refractivity contribution < 1.29 is 14.3 Å². The predicted octanol–water partition coefficient (Wildman–Crippen LogP) is 2.56. The first-order valence-electron chi connectivity index (χ1n) is 10.5. The first-order chi connectivity index (χ1) is 15.2. The molecule has 0 radical (unpaired) electrons. The second kappa shape index (κ2) is 9.66. The van der Waals surface area contributed by atoms with E-state index in [4.69, 9.17) is 9.72 Å². The van der Waals surface area contributed by atoms with E-state index in [-0.39, 0.29) is 17.7 Å². The lowest BCUT2D eigenvalue weighted by Gasteiger charge is -2.17. The molecule has 0 aliphatic carbocycles. The number of nitrogens with one attached hydrogen (secondary N) is 1. The van der Waals surface area contributed by atoms with Gasteiger partial charge in [0.1, 0.15) is 0 Å². The smallest absolute Gasteiger partial charge is 0.252 e. The Balaban J connectivity index is 1.53. The molecule has 2 aromatic heterocycles. The lowest BCUT2D eigenvalue weighted by molar-refractivity contribution is -0.129. The van der Waals surface area contributed by atoms with Gasteiger partial charge in [0, 0.05) is 55.6 Å². The maximum absolute atomic E-state index is 12.8. The zero-order chi connectivity index (χ0) is 21.6. The van der Waals surface area contributed by atoms with E-state index in [0.717, 1.165) is 28.7 Å². The molecule has 4 rings (SSSR count). The second-order valence-electron chi connectivity index (χ2n) is 7.68. The summed E-state index contributed by atoms with van der Waals surface area (Å²) in [6.07, 6.45) is 2.82. The molecule has 160 valence electrons. The standard InChI is InChI=1S/C24H26N4O3/c1-31-13-11-26-24(30)20-15-22(27-21-8-3-2-7-19(20)21)17-9-12-28(16-17)23(29)14-18-6-4-5-10-25-18/h2-8,10,15,17H,9,11-14,16H2,1H3,(H,26,30). The Morgan fingerprint density at radius 3 is 2.84 bits per heavy atom. The molecule has 1 atom stereocenters. The van der Waals surface area contributed by atoms with Gasteiger partial charge in [-0.15, -0.1) is 0 Å². The quantitative estimate of drug-likeness (QED) is 0.596. The first kappa shape index (κ1) is 20.9. The maximum atomic E-state index is 12.8. The highest BCUT2D eigenvalue weighted by atomic mass is 16.5. The molecular formula is C24H26N4O3. The zero-order valence-electron chi connectivity index (χ0n) is 17.6. The van der Waals surface area contributed by atoms with Crippen molar-refractivity contribution in [2.24, 2.45) is 0 Å². The van der Waals surface area contributed by atoms with Crippen molar-refractivity contribution in [2.75, 3.05) is 33.4 Å². The summed E-state index contributed by atoms with van der Waals surface area (Å²) in [5, 5.41) is 3.72. The highest BCUT2D eigenvalue weighted by Crippen LogP contribution is 2.29. The fraction of sp³-hybridized carbons (Fsp3) is 0.333. The largest absolute Gasteiger partial charge is 0.383 e. The average Bonchev–Trinajstić information content (AvgIpc) is 3.30. The number of likely N-dealkylation sites (tertiary alicyclic amines) is 1. The molecule has 1 unspecified atom stereocenters. The molecule has 31 heavy (non-hydrogen) atoms. The monoisotopic (exact) mass is 418 g/mol. The SMILES string of the molecule is COCCNC(=O)c1cc(C2CCN(C(=O)Cc3ccccn3)C2)nc2ccccc12. The number of aromatic nitrogens is 2. The van der Waals surface area contributed by atoms with E-state index in [1.54, 1.807) is 13.3 Å². The minimum Gasteiger partial charge on any atom is -0.383 e. The van der Waals surface area contributed by atoms with Gasteiger partial charge in [-0.2, -0.15) is 0 Å². The molecule has 1 fully saturated rings. The van der Waals surface area contributed by atoms with Gasteiger partial charge in [0.25, 0.3) is 5.91 Å². The van der Waals surface area contributed by atoms with Gasteiger partial charge in [-0.1, -0.05) is 24.3 Å². The van der Waals surface area contributed by atoms with Crippen molar-refractivity contribution in [1.82, 2.24) is 20.2 Å². The number of pyridine rings is 2. The molecular weight excluding hydrogens is 392 g/mol. The number of methoxy groups -OCH3 is 1. The molecule has 1 aromatic carbocycles. The number of nitrogens with zero attached hydrogens (tertiary/aromatic N) is 3. The van der Waals surface area contributed by atoms with E-state index in [2.05, 4.69) is 10.3 Å². The van der Waals surface area contributed by atoms with Gasteiger partial charge >= 0.3 is 0 Å². The molecule has 3 heterocycles. The van der Waals surface area contributed by atoms with Gasteiger partial charge in [0.15, 0.2) is 0 Å². The molecule has 2 amide bonds. The van der Waals surface area contributed by atoms with E-state index in [1.807, 2.05) is 53.4 Å². The minimum atomic E-state index is -0.141. The fourth-order valence-corrected chi connectivity index (χ4v) is 3.95. The normalized spacial score (nSPS) is 15.9. The number of para-hydroxylation sites is 1. The maximum Gasteiger partial charge on any atom is 0.252 e. The number of hydrogen-bond acceptors (Lipinski definition) is 5. The van der Waals surface area contributed by atoms with Crippen LogP contribution in [0.2, 0.25) is 0 Å². The van der Waals surface area contributed by atoms with E-state index >= 15 is 0 Å². The topological polar surface area (TPSA) is 84.4 Å². The number of ether oxygens (including phenoxy) is 1. The number of fused-ring (bicyclic) bond motifs is 1. The fourth-order valence-electron chi connectivity index (χ4n) is 3.95. The number of benzene rings is 1. The number of hydrogen-bond donors (Lipinski definition) is 1. The van der Waals surface area contributed by atoms with Crippen LogP contribution in [0.25, 0.3) is 10.9 Å². The highest BCUT2D eigenvalue weighted by molar-refractivity contribution is 6.06. The summed E-state index contributed by atoms with van der Waals surface area (Å²) in [5.41, 5.74) is 3.02. The molecule has 0 bridgehead atoms. The van der Waals surface area contributed by atoms with Crippen LogP contribution in [-0.4, -0.2) is 60.0 Å². The van der Waals surface area contributed by atoms with Crippen molar-refractivity contribution in [1.29, 1.82) is 0 Å². The van der Waals surface area contributed by atoms with Crippen molar-refractivity contribution >= 4 is 22.7 Å². The van der Waals surface area contributed by atoms with Crippen molar-refractivity contribution in [3.05, 3.63) is 71.7 Å². The average molecular weight is 418 g/mol. The summed E-state index contributed by atoms with van der Waals surface area (Å²) in [6, 6.07) is 15.1. The van der Waals surface area contributed by atoms with Gasteiger partial charge in [0.2, 0.25) is 5.91 Å². The molecule has 3 aromatic rings. The molecule has 1 N–H and O–H groups in total. The van der Waals surface area contributed by atoms with Gasteiger partial charge < -0.3 is 15.0 Å². The number of carbonyl (C=O) groups excluding carboxylic acids is 2. The lowest BCUT2D eigenvalue weighted by Crippen LogP contribution is -2.30. The third kappa shape index (κ3) is 4.88. The summed E-state index contributed by atoms with van der Waals surface area (Å²) < 4.78 is 5.03. The molecule has 1 aliphatic rings. The summed E-state index contributed by atoms with van der Waals surface area (Å²) in [6.45, 7) is 2.18. The van der Waals surface area contributed by atoms with Crippen LogP contribution in [0.1, 0.15) is 34.1 Å². The molecule has 1 saturated heterocycles. The Kier molecular flexibility index (Phi) is 6.52. The predicted molar refractivity (Wildman–Crippen MR) is 118 cm³/mol. The summed E-state index contributed by atoms with van der Waals surface area (Å²) in [7, 11) is 1.60. The number of amides is 2. The highest BCUT2D eigenvalue weighted by Gasteiger charge is 2.29. The van der Waals surface area contributed by atoms with Crippen LogP contribution in [0, 0.1) is 0 Å². The lowest BCUT2D eigenvalue weighted by atomic mass is 9.99. The Morgan fingerprint density at radius 2 is 2.03 bits per heavy atom. The van der Waals surface area contributed by atoms with Crippen molar-refractivity contribution in [3.63, 3.8) is 0 Å². The Bertz CT molecular complexity index is 1070. The molecule has 0 spiro atoms. The van der Waals surface area contributed by atoms with E-state index in [0.29, 0.717) is 38.2 Å². The van der Waals surface area contributed by atoms with Gasteiger partial charge in [-0.25, -0.2) is 0 Å². The number of carbonyl (C=O) groups is 2. The zero-order valence-corrected chi connectivity index (χ0v) is 17.6. The van der Waals surface area contributed by atoms with Crippen LogP contribution in [0.4, 0.5) is 0 Å². The van der Waals surface area contributed by atoms with Crippen LogP contribution in [0.3, 0.4) is 0 Å². The Hall–Kier alpha value is -3.32. The molecule has 0 saturated carbocycles. The van der Waals surface area contributed by atoms with E-state index in [9.17, 15) is 9.59 Å². The van der Waals surface area contributed by atoms with Crippen LogP contribution < -0.4 is 5.32 Å². The summed E-state index contributed by atoms with van der Waals surface area (Å²) in [5.74, 6) is 0.0281. The van der Waals surface area contributed by atoms with Gasteiger partial charge in [0.05, 0.1) is 24.1 Å². The van der Waals surface area contributed by atoms with E-state index < -0.39 is 0 Å². The first-order valence-corrected chi connectivity index (χ1v) is 10.5. The van der Waals surface area contributed by atoms with Crippen LogP contribution in [0.5, 0.6) is 0 Å². The summed E-state index contributed by atoms with van der Waals surface area (Å²) in [4.78, 5) is 36.5. The van der Waals surface area contributed by atoms with Crippen molar-refractivity contribution in [3.8, 4) is 0 Å². The third-order valence-electron chi connectivity index (χ3n) is 5.59. The van der Waals surface area contributed by atoms with Crippen LogP contribution in [-0.2, 0) is 16.0 Å². The molecule has 7 heteroatoms.